The molecule has 4 nitrogen and oxygen atoms in total. The summed E-state index contributed by atoms with van der Waals surface area (Å²) < 4.78 is 177. The number of rotatable bonds is 8. The molecule has 0 spiro atoms. The van der Waals surface area contributed by atoms with Crippen LogP contribution in [0, 0.1) is 0 Å². The predicted molar refractivity (Wildman–Crippen MR) is 67.6 cm³/mol. The van der Waals surface area contributed by atoms with E-state index in [4.69, 9.17) is 4.55 Å². The number of hydrogen-bond donors (Lipinski definition) is 1. The smallest absolute Gasteiger partial charge is 0.428 e. The quantitative estimate of drug-likeness (QED) is 0.465. The summed E-state index contributed by atoms with van der Waals surface area (Å²) in [6.45, 7) is -3.56. The molecule has 0 bridgehead atoms. The Morgan fingerprint density at radius 3 is 1.57 bits per heavy atom. The molecule has 1 N–H and O–H groups in total. The Morgan fingerprint density at radius 1 is 0.786 bits per heavy atom. The first-order chi connectivity index (χ1) is 12.2. The minimum Gasteiger partial charge on any atom is -0.428 e. The maximum absolute atomic E-state index is 13.4. The second-order valence-electron chi connectivity index (χ2n) is 5.13. The van der Waals surface area contributed by atoms with Crippen LogP contribution in [0.1, 0.15) is 0 Å². The van der Waals surface area contributed by atoms with Crippen molar-refractivity contribution in [3.63, 3.8) is 0 Å². The second kappa shape index (κ2) is 6.89. The predicted octanol–water partition coefficient (Wildman–Crippen LogP) is 4.42. The van der Waals surface area contributed by atoms with Crippen LogP contribution in [0.5, 0.6) is 5.75 Å². The summed E-state index contributed by atoms with van der Waals surface area (Å²) in [4.78, 5) is -0.977. The fourth-order valence-corrected chi connectivity index (χ4v) is 2.07. The SMILES string of the molecule is O=S(=O)(O)c1ccc(OC(F)(F)C(F)(F)C(F)(F)C(F)(F)C(F)(F)CF)cc1. The van der Waals surface area contributed by atoms with Crippen LogP contribution in [0.15, 0.2) is 29.2 Å². The highest BCUT2D eigenvalue weighted by Crippen LogP contribution is 2.57. The Morgan fingerprint density at radius 2 is 1.21 bits per heavy atom. The molecular weight excluding hydrogens is 449 g/mol. The lowest BCUT2D eigenvalue weighted by atomic mass is 9.98. The maximum atomic E-state index is 13.4. The van der Waals surface area contributed by atoms with Crippen LogP contribution in [-0.2, 0) is 10.1 Å². The molecule has 162 valence electrons. The summed E-state index contributed by atoms with van der Waals surface area (Å²) in [6, 6.07) is 0.838. The van der Waals surface area contributed by atoms with Gasteiger partial charge in [0.15, 0.2) is 6.67 Å². The Hall–Kier alpha value is -1.84. The summed E-state index contributed by atoms with van der Waals surface area (Å²) in [5.74, 6) is -29.9. The Bertz CT molecular complexity index is 805. The molecule has 1 aromatic rings. The third kappa shape index (κ3) is 3.83. The molecule has 0 aliphatic carbocycles. The number of benzene rings is 1. The highest BCUT2D eigenvalue weighted by atomic mass is 32.2. The van der Waals surface area contributed by atoms with Crippen LogP contribution < -0.4 is 4.74 Å². The van der Waals surface area contributed by atoms with Crippen LogP contribution in [-0.4, -0.2) is 49.4 Å². The normalized spacial score (nSPS) is 14.9. The van der Waals surface area contributed by atoms with E-state index in [1.807, 2.05) is 0 Å². The van der Waals surface area contributed by atoms with Gasteiger partial charge in [-0.1, -0.05) is 0 Å². The van der Waals surface area contributed by atoms with E-state index in [1.54, 1.807) is 0 Å². The monoisotopic (exact) mass is 456 g/mol. The summed E-state index contributed by atoms with van der Waals surface area (Å²) in [5, 5.41) is 0. The molecule has 0 amide bonds. The van der Waals surface area contributed by atoms with E-state index in [1.165, 1.54) is 0 Å². The van der Waals surface area contributed by atoms with Crippen molar-refractivity contribution in [3.05, 3.63) is 24.3 Å². The average Bonchev–Trinajstić information content (AvgIpc) is 2.53. The summed E-state index contributed by atoms with van der Waals surface area (Å²) in [5.41, 5.74) is 0. The van der Waals surface area contributed by atoms with E-state index in [2.05, 4.69) is 4.74 Å². The minimum atomic E-state index is -7.49. The lowest BCUT2D eigenvalue weighted by Gasteiger charge is -2.38. The molecule has 0 unspecified atom stereocenters. The Labute approximate surface area is 148 Å². The molecule has 1 rings (SSSR count). The lowest BCUT2D eigenvalue weighted by molar-refractivity contribution is -0.431. The van der Waals surface area contributed by atoms with E-state index in [9.17, 15) is 56.7 Å². The molecule has 0 heterocycles. The van der Waals surface area contributed by atoms with E-state index in [0.29, 0.717) is 0 Å². The number of halogens is 11. The molecule has 0 aliphatic rings. The topological polar surface area (TPSA) is 63.6 Å². The van der Waals surface area contributed by atoms with E-state index in [-0.39, 0.29) is 24.3 Å². The average molecular weight is 456 g/mol. The van der Waals surface area contributed by atoms with Crippen molar-refractivity contribution in [3.8, 4) is 5.75 Å². The first kappa shape index (κ1) is 24.2. The highest BCUT2D eigenvalue weighted by molar-refractivity contribution is 7.85. The van der Waals surface area contributed by atoms with Gasteiger partial charge in [-0.3, -0.25) is 4.55 Å². The van der Waals surface area contributed by atoms with Crippen molar-refractivity contribution in [2.75, 3.05) is 6.67 Å². The molecular formula is C12H7F11O4S. The third-order valence-corrected chi connectivity index (χ3v) is 4.02. The summed E-state index contributed by atoms with van der Waals surface area (Å²) in [7, 11) is -4.88. The van der Waals surface area contributed by atoms with E-state index in [0.717, 1.165) is 0 Å². The molecule has 1 aromatic carbocycles. The van der Waals surface area contributed by atoms with Crippen molar-refractivity contribution < 1.29 is 66.0 Å². The van der Waals surface area contributed by atoms with Crippen LogP contribution in [0.4, 0.5) is 48.3 Å². The van der Waals surface area contributed by atoms with E-state index >= 15 is 0 Å². The van der Waals surface area contributed by atoms with Gasteiger partial charge in [-0.05, 0) is 24.3 Å². The summed E-state index contributed by atoms with van der Waals surface area (Å²) in [6.07, 6.45) is -6.55. The zero-order valence-electron chi connectivity index (χ0n) is 12.8. The zero-order chi connectivity index (χ0) is 22.4. The molecule has 16 heteroatoms. The van der Waals surface area contributed by atoms with Gasteiger partial charge in [-0.15, -0.1) is 0 Å². The van der Waals surface area contributed by atoms with Crippen molar-refractivity contribution in [2.24, 2.45) is 0 Å². The van der Waals surface area contributed by atoms with Crippen molar-refractivity contribution in [1.82, 2.24) is 0 Å². The van der Waals surface area contributed by atoms with Crippen molar-refractivity contribution in [1.29, 1.82) is 0 Å². The second-order valence-corrected chi connectivity index (χ2v) is 6.55. The van der Waals surface area contributed by atoms with Crippen LogP contribution in [0.25, 0.3) is 0 Å². The number of ether oxygens (including phenoxy) is 1. The first-order valence-corrected chi connectivity index (χ1v) is 7.90. The molecule has 0 fully saturated rings. The molecule has 0 aliphatic heterocycles. The van der Waals surface area contributed by atoms with Gasteiger partial charge in [0.05, 0.1) is 4.90 Å². The van der Waals surface area contributed by atoms with Gasteiger partial charge in [-0.25, -0.2) is 4.39 Å². The zero-order valence-corrected chi connectivity index (χ0v) is 13.6. The van der Waals surface area contributed by atoms with Gasteiger partial charge < -0.3 is 4.74 Å². The number of alkyl halides is 11. The lowest BCUT2D eigenvalue weighted by Crippen LogP contribution is -2.68. The molecule has 28 heavy (non-hydrogen) atoms. The third-order valence-electron chi connectivity index (χ3n) is 3.15. The van der Waals surface area contributed by atoms with Crippen molar-refractivity contribution >= 4 is 10.1 Å². The standard InChI is InChI=1S/C12H7F11O4S/c13-5-8(14,15)9(16,17)10(18,19)11(20,21)12(22,23)27-6-1-3-7(4-2-6)28(24,25)26/h1-4H,5H2,(H,24,25,26). The summed E-state index contributed by atoms with van der Waals surface area (Å²) >= 11 is 0. The molecule has 0 aromatic heterocycles. The Balaban J connectivity index is 3.30. The van der Waals surface area contributed by atoms with Gasteiger partial charge in [0, 0.05) is 0 Å². The fraction of sp³-hybridized carbons (Fsp3) is 0.500. The maximum Gasteiger partial charge on any atom is 0.471 e. The van der Waals surface area contributed by atoms with Crippen LogP contribution >= 0.6 is 0 Å². The van der Waals surface area contributed by atoms with Crippen LogP contribution in [0.3, 0.4) is 0 Å². The van der Waals surface area contributed by atoms with Gasteiger partial charge in [0.25, 0.3) is 10.1 Å². The molecule has 0 radical (unpaired) electrons. The largest absolute Gasteiger partial charge is 0.471 e. The minimum absolute atomic E-state index is 0.138. The van der Waals surface area contributed by atoms with Gasteiger partial charge in [-0.2, -0.15) is 52.3 Å². The van der Waals surface area contributed by atoms with Crippen molar-refractivity contribution in [2.45, 2.75) is 34.7 Å². The van der Waals surface area contributed by atoms with Gasteiger partial charge in [0.2, 0.25) is 0 Å². The van der Waals surface area contributed by atoms with E-state index < -0.39 is 57.2 Å². The van der Waals surface area contributed by atoms with Gasteiger partial charge in [0.1, 0.15) is 5.75 Å². The first-order valence-electron chi connectivity index (χ1n) is 6.46. The highest BCUT2D eigenvalue weighted by Gasteiger charge is 2.87. The molecule has 0 saturated carbocycles. The fourth-order valence-electron chi connectivity index (χ4n) is 1.59. The van der Waals surface area contributed by atoms with Crippen LogP contribution in [0.2, 0.25) is 0 Å². The molecule has 0 saturated heterocycles. The molecule has 0 atom stereocenters. The van der Waals surface area contributed by atoms with Gasteiger partial charge >= 0.3 is 29.8 Å². The Kier molecular flexibility index (Phi) is 5.96. The number of hydrogen-bond acceptors (Lipinski definition) is 3.